The summed E-state index contributed by atoms with van der Waals surface area (Å²) in [6.07, 6.45) is 0.634. The molecule has 0 saturated carbocycles. The zero-order valence-electron chi connectivity index (χ0n) is 8.54. The summed E-state index contributed by atoms with van der Waals surface area (Å²) in [5.74, 6) is 0.461. The first kappa shape index (κ1) is 10.8. The minimum absolute atomic E-state index is 0.304. The summed E-state index contributed by atoms with van der Waals surface area (Å²) < 4.78 is 17.8. The quantitative estimate of drug-likeness (QED) is 0.745. The van der Waals surface area contributed by atoms with E-state index in [-0.39, 0.29) is 5.60 Å². The first-order chi connectivity index (χ1) is 6.53. The van der Waals surface area contributed by atoms with E-state index in [2.05, 4.69) is 15.3 Å². The molecule has 1 aromatic rings. The summed E-state index contributed by atoms with van der Waals surface area (Å²) in [5, 5.41) is 2.96. The highest BCUT2D eigenvalue weighted by atomic mass is 19.1. The lowest BCUT2D eigenvalue weighted by atomic mass is 10.1. The molecule has 1 heterocycles. The summed E-state index contributed by atoms with van der Waals surface area (Å²) in [4.78, 5) is 6.92. The smallest absolute Gasteiger partial charge is 0.310 e. The Morgan fingerprint density at radius 2 is 2.29 bits per heavy atom. The van der Waals surface area contributed by atoms with Crippen LogP contribution in [0.3, 0.4) is 0 Å². The third-order valence-corrected chi connectivity index (χ3v) is 1.87. The van der Waals surface area contributed by atoms with Crippen LogP contribution >= 0.6 is 0 Å². The van der Waals surface area contributed by atoms with Gasteiger partial charge in [0.15, 0.2) is 0 Å². The molecule has 1 N–H and O–H groups in total. The predicted octanol–water partition coefficient (Wildman–Crippen LogP) is 1.45. The molecule has 4 nitrogen and oxygen atoms in total. The molecule has 0 bridgehead atoms. The number of hydrogen-bond donors (Lipinski definition) is 1. The van der Waals surface area contributed by atoms with Gasteiger partial charge in [0.1, 0.15) is 5.82 Å². The van der Waals surface area contributed by atoms with E-state index in [4.69, 9.17) is 4.74 Å². The van der Waals surface area contributed by atoms with Crippen molar-refractivity contribution in [1.82, 2.24) is 9.97 Å². The Bertz CT molecular complexity index is 304. The zero-order chi connectivity index (χ0) is 10.6. The van der Waals surface area contributed by atoms with Crippen molar-refractivity contribution in [2.45, 2.75) is 19.4 Å². The minimum Gasteiger partial charge on any atom is -0.377 e. The molecule has 0 saturated heterocycles. The largest absolute Gasteiger partial charge is 0.377 e. The van der Waals surface area contributed by atoms with Gasteiger partial charge in [0.25, 0.3) is 0 Å². The van der Waals surface area contributed by atoms with Crippen molar-refractivity contribution in [1.29, 1.82) is 0 Å². The van der Waals surface area contributed by atoms with Gasteiger partial charge in [-0.05, 0) is 19.9 Å². The fourth-order valence-corrected chi connectivity index (χ4v) is 0.809. The van der Waals surface area contributed by atoms with E-state index in [1.54, 1.807) is 13.2 Å². The van der Waals surface area contributed by atoms with E-state index in [1.807, 2.05) is 13.8 Å². The van der Waals surface area contributed by atoms with Crippen molar-refractivity contribution in [3.05, 3.63) is 18.3 Å². The van der Waals surface area contributed by atoms with E-state index in [0.29, 0.717) is 12.4 Å². The van der Waals surface area contributed by atoms with Crippen molar-refractivity contribution in [2.75, 3.05) is 19.0 Å². The molecule has 0 aliphatic heterocycles. The highest BCUT2D eigenvalue weighted by Crippen LogP contribution is 2.09. The number of ether oxygens (including phenoxy) is 1. The molecule has 0 aromatic carbocycles. The summed E-state index contributed by atoms with van der Waals surface area (Å²) >= 11 is 0. The van der Waals surface area contributed by atoms with Gasteiger partial charge in [-0.2, -0.15) is 9.37 Å². The van der Waals surface area contributed by atoms with E-state index in [0.717, 1.165) is 0 Å². The second-order valence-corrected chi connectivity index (χ2v) is 3.53. The lowest BCUT2D eigenvalue weighted by Crippen LogP contribution is -2.32. The summed E-state index contributed by atoms with van der Waals surface area (Å²) in [5.41, 5.74) is -0.304. The van der Waals surface area contributed by atoms with E-state index < -0.39 is 6.08 Å². The minimum atomic E-state index is -0.731. The molecule has 0 unspecified atom stereocenters. The second-order valence-electron chi connectivity index (χ2n) is 3.53. The standard InChI is InChI=1S/C9H14FN3O/c1-9(2,14-3)6-12-7-4-5-11-8(10)13-7/h4-5H,6H2,1-3H3,(H,11,12,13). The number of nitrogens with zero attached hydrogens (tertiary/aromatic N) is 2. The van der Waals surface area contributed by atoms with Crippen LogP contribution in [0.1, 0.15) is 13.8 Å². The third kappa shape index (κ3) is 3.26. The van der Waals surface area contributed by atoms with Crippen LogP contribution in [-0.4, -0.2) is 29.2 Å². The van der Waals surface area contributed by atoms with Gasteiger partial charge in [-0.25, -0.2) is 4.98 Å². The molecule has 1 rings (SSSR count). The number of halogens is 1. The maximum atomic E-state index is 12.6. The molecule has 5 heteroatoms. The molecular weight excluding hydrogens is 185 g/mol. The van der Waals surface area contributed by atoms with Crippen LogP contribution in [0.2, 0.25) is 0 Å². The molecule has 0 aliphatic carbocycles. The Balaban J connectivity index is 2.54. The molecule has 78 valence electrons. The van der Waals surface area contributed by atoms with Crippen LogP contribution in [0, 0.1) is 6.08 Å². The number of nitrogens with one attached hydrogen (secondary N) is 1. The van der Waals surface area contributed by atoms with Gasteiger partial charge >= 0.3 is 6.08 Å². The fraction of sp³-hybridized carbons (Fsp3) is 0.556. The molecular formula is C9H14FN3O. The number of anilines is 1. The predicted molar refractivity (Wildman–Crippen MR) is 51.6 cm³/mol. The fourth-order valence-electron chi connectivity index (χ4n) is 0.809. The second kappa shape index (κ2) is 4.32. The van der Waals surface area contributed by atoms with Crippen LogP contribution in [0.5, 0.6) is 0 Å². The van der Waals surface area contributed by atoms with Gasteiger partial charge in [-0.3, -0.25) is 0 Å². The lowest BCUT2D eigenvalue weighted by molar-refractivity contribution is 0.0343. The number of aromatic nitrogens is 2. The van der Waals surface area contributed by atoms with Gasteiger partial charge in [-0.15, -0.1) is 0 Å². The van der Waals surface area contributed by atoms with Crippen molar-refractivity contribution in [2.24, 2.45) is 0 Å². The SMILES string of the molecule is COC(C)(C)CNc1ccnc(F)n1. The van der Waals surface area contributed by atoms with Crippen molar-refractivity contribution < 1.29 is 9.13 Å². The van der Waals surface area contributed by atoms with Crippen molar-refractivity contribution in [3.63, 3.8) is 0 Å². The lowest BCUT2D eigenvalue weighted by Gasteiger charge is -2.23. The molecule has 0 aliphatic rings. The molecule has 0 radical (unpaired) electrons. The molecule has 0 spiro atoms. The maximum Gasteiger partial charge on any atom is 0.310 e. The monoisotopic (exact) mass is 199 g/mol. The molecule has 1 aromatic heterocycles. The van der Waals surface area contributed by atoms with E-state index >= 15 is 0 Å². The Labute approximate surface area is 82.5 Å². The van der Waals surface area contributed by atoms with E-state index in [1.165, 1.54) is 6.20 Å². The first-order valence-electron chi connectivity index (χ1n) is 4.31. The Morgan fingerprint density at radius 1 is 1.57 bits per heavy atom. The number of hydrogen-bond acceptors (Lipinski definition) is 4. The van der Waals surface area contributed by atoms with Gasteiger partial charge in [0.05, 0.1) is 5.60 Å². The highest BCUT2D eigenvalue weighted by molar-refractivity contribution is 5.32. The topological polar surface area (TPSA) is 47.0 Å². The molecule has 0 fully saturated rings. The number of rotatable bonds is 4. The van der Waals surface area contributed by atoms with Gasteiger partial charge in [0.2, 0.25) is 0 Å². The highest BCUT2D eigenvalue weighted by Gasteiger charge is 2.15. The zero-order valence-corrected chi connectivity index (χ0v) is 8.54. The maximum absolute atomic E-state index is 12.6. The van der Waals surface area contributed by atoms with Crippen LogP contribution < -0.4 is 5.32 Å². The van der Waals surface area contributed by atoms with Crippen molar-refractivity contribution in [3.8, 4) is 0 Å². The first-order valence-corrected chi connectivity index (χ1v) is 4.31. The Kier molecular flexibility index (Phi) is 3.35. The Morgan fingerprint density at radius 3 is 2.86 bits per heavy atom. The summed E-state index contributed by atoms with van der Waals surface area (Å²) in [7, 11) is 1.63. The van der Waals surface area contributed by atoms with Crippen LogP contribution in [0.25, 0.3) is 0 Å². The van der Waals surface area contributed by atoms with Gasteiger partial charge < -0.3 is 10.1 Å². The molecule has 0 amide bonds. The average Bonchev–Trinajstić information content (AvgIpc) is 2.15. The van der Waals surface area contributed by atoms with Gasteiger partial charge in [0, 0.05) is 19.9 Å². The normalized spacial score (nSPS) is 11.4. The summed E-state index contributed by atoms with van der Waals surface area (Å²) in [6.45, 7) is 4.41. The average molecular weight is 199 g/mol. The van der Waals surface area contributed by atoms with Crippen LogP contribution in [0.4, 0.5) is 10.2 Å². The molecule has 14 heavy (non-hydrogen) atoms. The van der Waals surface area contributed by atoms with E-state index in [9.17, 15) is 4.39 Å². The van der Waals surface area contributed by atoms with Crippen LogP contribution in [0.15, 0.2) is 12.3 Å². The Hall–Kier alpha value is -1.23. The third-order valence-electron chi connectivity index (χ3n) is 1.87. The van der Waals surface area contributed by atoms with Gasteiger partial charge in [-0.1, -0.05) is 0 Å². The summed E-state index contributed by atoms with van der Waals surface area (Å²) in [6, 6.07) is 1.61. The number of methoxy groups -OCH3 is 1. The van der Waals surface area contributed by atoms with Crippen molar-refractivity contribution >= 4 is 5.82 Å². The molecule has 0 atom stereocenters. The van der Waals surface area contributed by atoms with Crippen LogP contribution in [-0.2, 0) is 4.74 Å².